The van der Waals surface area contributed by atoms with Gasteiger partial charge in [0.25, 0.3) is 0 Å². The number of aryl methyl sites for hydroxylation is 1. The van der Waals surface area contributed by atoms with E-state index in [0.29, 0.717) is 25.4 Å². The predicted octanol–water partition coefficient (Wildman–Crippen LogP) is 2.84. The van der Waals surface area contributed by atoms with Crippen molar-refractivity contribution in [2.45, 2.75) is 40.0 Å². The average Bonchev–Trinajstić information content (AvgIpc) is 2.62. The third-order valence-electron chi connectivity index (χ3n) is 2.07. The van der Waals surface area contributed by atoms with Gasteiger partial charge in [-0.15, -0.1) is 11.3 Å². The molecule has 0 aliphatic carbocycles. The van der Waals surface area contributed by atoms with Gasteiger partial charge in [0, 0.05) is 18.2 Å². The maximum Gasteiger partial charge on any atom is 0.306 e. The summed E-state index contributed by atoms with van der Waals surface area (Å²) in [4.78, 5) is 15.6. The fourth-order valence-electron chi connectivity index (χ4n) is 1.37. The molecule has 0 amide bonds. The molecule has 0 N–H and O–H groups in total. The van der Waals surface area contributed by atoms with Gasteiger partial charge >= 0.3 is 5.97 Å². The maximum atomic E-state index is 11.2. The SMILES string of the molecule is CCOC(=O)CCc1csc(CC(C)C)n1. The Morgan fingerprint density at radius 2 is 2.31 bits per heavy atom. The summed E-state index contributed by atoms with van der Waals surface area (Å²) in [7, 11) is 0. The summed E-state index contributed by atoms with van der Waals surface area (Å²) in [5.74, 6) is 0.491. The van der Waals surface area contributed by atoms with Crippen LogP contribution in [0.3, 0.4) is 0 Å². The average molecular weight is 241 g/mol. The van der Waals surface area contributed by atoms with Gasteiger partial charge in [-0.3, -0.25) is 4.79 Å². The molecule has 0 aliphatic heterocycles. The first-order valence-electron chi connectivity index (χ1n) is 5.70. The Bertz CT molecular complexity index is 334. The second-order valence-corrected chi connectivity index (χ2v) is 5.08. The molecule has 1 heterocycles. The number of hydrogen-bond donors (Lipinski definition) is 0. The van der Waals surface area contributed by atoms with Crippen molar-refractivity contribution in [3.8, 4) is 0 Å². The molecule has 0 bridgehead atoms. The molecule has 90 valence electrons. The molecular weight excluding hydrogens is 222 g/mol. The second kappa shape index (κ2) is 6.63. The van der Waals surface area contributed by atoms with Crippen LogP contribution in [-0.4, -0.2) is 17.6 Å². The lowest BCUT2D eigenvalue weighted by atomic mass is 10.1. The van der Waals surface area contributed by atoms with Crippen LogP contribution in [0.1, 0.15) is 37.9 Å². The van der Waals surface area contributed by atoms with Gasteiger partial charge in [-0.1, -0.05) is 13.8 Å². The van der Waals surface area contributed by atoms with Crippen LogP contribution in [0.25, 0.3) is 0 Å². The molecule has 0 saturated heterocycles. The molecule has 0 unspecified atom stereocenters. The molecule has 1 aromatic rings. The van der Waals surface area contributed by atoms with E-state index >= 15 is 0 Å². The first-order chi connectivity index (χ1) is 7.61. The Kier molecular flexibility index (Phi) is 5.46. The van der Waals surface area contributed by atoms with Gasteiger partial charge in [0.05, 0.1) is 23.7 Å². The summed E-state index contributed by atoms with van der Waals surface area (Å²) in [5, 5.41) is 3.20. The van der Waals surface area contributed by atoms with Gasteiger partial charge in [-0.2, -0.15) is 0 Å². The minimum absolute atomic E-state index is 0.138. The monoisotopic (exact) mass is 241 g/mol. The summed E-state index contributed by atoms with van der Waals surface area (Å²) in [6, 6.07) is 0. The molecule has 0 atom stereocenters. The zero-order chi connectivity index (χ0) is 12.0. The van der Waals surface area contributed by atoms with Gasteiger partial charge in [-0.25, -0.2) is 4.98 Å². The lowest BCUT2D eigenvalue weighted by Gasteiger charge is -2.00. The van der Waals surface area contributed by atoms with Crippen LogP contribution in [0.4, 0.5) is 0 Å². The summed E-state index contributed by atoms with van der Waals surface area (Å²) >= 11 is 1.68. The number of aromatic nitrogens is 1. The van der Waals surface area contributed by atoms with E-state index in [1.165, 1.54) is 0 Å². The minimum Gasteiger partial charge on any atom is -0.466 e. The Labute approximate surface area is 101 Å². The number of carbonyl (C=O) groups excluding carboxylic acids is 1. The molecule has 16 heavy (non-hydrogen) atoms. The summed E-state index contributed by atoms with van der Waals surface area (Å²) < 4.78 is 4.87. The molecule has 3 nitrogen and oxygen atoms in total. The van der Waals surface area contributed by atoms with Crippen molar-refractivity contribution in [2.75, 3.05) is 6.61 Å². The zero-order valence-corrected chi connectivity index (χ0v) is 11.0. The van der Waals surface area contributed by atoms with Crippen molar-refractivity contribution in [1.29, 1.82) is 0 Å². The molecule has 1 rings (SSSR count). The molecule has 0 fully saturated rings. The number of rotatable bonds is 6. The number of carbonyl (C=O) groups is 1. The van der Waals surface area contributed by atoms with Crippen molar-refractivity contribution in [3.63, 3.8) is 0 Å². The molecular formula is C12H19NO2S. The van der Waals surface area contributed by atoms with Crippen LogP contribution >= 0.6 is 11.3 Å². The number of thiazole rings is 1. The summed E-state index contributed by atoms with van der Waals surface area (Å²) in [5.41, 5.74) is 1.01. The summed E-state index contributed by atoms with van der Waals surface area (Å²) in [6.45, 7) is 6.63. The van der Waals surface area contributed by atoms with Crippen molar-refractivity contribution >= 4 is 17.3 Å². The number of nitrogens with zero attached hydrogens (tertiary/aromatic N) is 1. The van der Waals surface area contributed by atoms with E-state index in [0.717, 1.165) is 17.1 Å². The Hall–Kier alpha value is -0.900. The van der Waals surface area contributed by atoms with Crippen molar-refractivity contribution in [3.05, 3.63) is 16.1 Å². The Balaban J connectivity index is 2.37. The van der Waals surface area contributed by atoms with E-state index < -0.39 is 0 Å². The van der Waals surface area contributed by atoms with Crippen LogP contribution in [0.2, 0.25) is 0 Å². The van der Waals surface area contributed by atoms with Crippen molar-refractivity contribution in [1.82, 2.24) is 4.98 Å². The smallest absolute Gasteiger partial charge is 0.306 e. The fourth-order valence-corrected chi connectivity index (χ4v) is 2.41. The highest BCUT2D eigenvalue weighted by Crippen LogP contribution is 2.15. The van der Waals surface area contributed by atoms with Crippen LogP contribution in [-0.2, 0) is 22.4 Å². The topological polar surface area (TPSA) is 39.2 Å². The first kappa shape index (κ1) is 13.2. The van der Waals surface area contributed by atoms with Gasteiger partial charge in [0.15, 0.2) is 0 Å². The van der Waals surface area contributed by atoms with E-state index in [1.54, 1.807) is 11.3 Å². The van der Waals surface area contributed by atoms with Crippen LogP contribution in [0.5, 0.6) is 0 Å². The van der Waals surface area contributed by atoms with Gasteiger partial charge < -0.3 is 4.74 Å². The molecule has 0 radical (unpaired) electrons. The summed E-state index contributed by atoms with van der Waals surface area (Å²) in [6.07, 6.45) is 2.14. The highest BCUT2D eigenvalue weighted by Gasteiger charge is 2.07. The zero-order valence-electron chi connectivity index (χ0n) is 10.2. The quantitative estimate of drug-likeness (QED) is 0.719. The Morgan fingerprint density at radius 3 is 2.94 bits per heavy atom. The van der Waals surface area contributed by atoms with Crippen LogP contribution in [0.15, 0.2) is 5.38 Å². The van der Waals surface area contributed by atoms with E-state index in [4.69, 9.17) is 4.74 Å². The lowest BCUT2D eigenvalue weighted by Crippen LogP contribution is -2.05. The number of hydrogen-bond acceptors (Lipinski definition) is 4. The molecule has 0 spiro atoms. The van der Waals surface area contributed by atoms with Crippen molar-refractivity contribution < 1.29 is 9.53 Å². The predicted molar refractivity (Wildman–Crippen MR) is 65.6 cm³/mol. The molecule has 1 aromatic heterocycles. The number of ether oxygens (including phenoxy) is 1. The Morgan fingerprint density at radius 1 is 1.56 bits per heavy atom. The first-order valence-corrected chi connectivity index (χ1v) is 6.58. The van der Waals surface area contributed by atoms with E-state index in [1.807, 2.05) is 12.3 Å². The van der Waals surface area contributed by atoms with E-state index in [9.17, 15) is 4.79 Å². The third-order valence-corrected chi connectivity index (χ3v) is 2.99. The number of esters is 1. The van der Waals surface area contributed by atoms with Gasteiger partial charge in [0.1, 0.15) is 0 Å². The molecule has 0 aromatic carbocycles. The van der Waals surface area contributed by atoms with Gasteiger partial charge in [-0.05, 0) is 12.8 Å². The highest BCUT2D eigenvalue weighted by molar-refractivity contribution is 7.09. The second-order valence-electron chi connectivity index (χ2n) is 4.14. The van der Waals surface area contributed by atoms with Crippen LogP contribution in [0, 0.1) is 5.92 Å². The molecule has 4 heteroatoms. The minimum atomic E-state index is -0.138. The van der Waals surface area contributed by atoms with E-state index in [-0.39, 0.29) is 5.97 Å². The largest absolute Gasteiger partial charge is 0.466 e. The fraction of sp³-hybridized carbons (Fsp3) is 0.667. The van der Waals surface area contributed by atoms with E-state index in [2.05, 4.69) is 18.8 Å². The molecule has 0 saturated carbocycles. The van der Waals surface area contributed by atoms with Crippen LogP contribution < -0.4 is 0 Å². The maximum absolute atomic E-state index is 11.2. The highest BCUT2D eigenvalue weighted by atomic mass is 32.1. The molecule has 0 aliphatic rings. The van der Waals surface area contributed by atoms with Gasteiger partial charge in [0.2, 0.25) is 0 Å². The van der Waals surface area contributed by atoms with Crippen molar-refractivity contribution in [2.24, 2.45) is 5.92 Å². The normalized spacial score (nSPS) is 10.8. The lowest BCUT2D eigenvalue weighted by molar-refractivity contribution is -0.143. The third kappa shape index (κ3) is 4.75. The standard InChI is InChI=1S/C12H19NO2S/c1-4-15-12(14)6-5-10-8-16-11(13-10)7-9(2)3/h8-9H,4-7H2,1-3H3.